The molecule has 0 saturated carbocycles. The molecule has 0 fully saturated rings. The first-order valence-electron chi connectivity index (χ1n) is 10.8. The third-order valence-corrected chi connectivity index (χ3v) is 5.92. The second-order valence-electron chi connectivity index (χ2n) is 7.88. The minimum absolute atomic E-state index is 0.113. The van der Waals surface area contributed by atoms with E-state index in [2.05, 4.69) is 4.98 Å². The summed E-state index contributed by atoms with van der Waals surface area (Å²) in [6.45, 7) is 0. The van der Waals surface area contributed by atoms with Gasteiger partial charge in [-0.15, -0.1) is 0 Å². The van der Waals surface area contributed by atoms with Crippen LogP contribution < -0.4 is 4.74 Å². The molecule has 34 heavy (non-hydrogen) atoms. The van der Waals surface area contributed by atoms with Gasteiger partial charge in [-0.3, -0.25) is 9.59 Å². The van der Waals surface area contributed by atoms with Gasteiger partial charge in [0, 0.05) is 44.4 Å². The molecule has 1 atom stereocenters. The summed E-state index contributed by atoms with van der Waals surface area (Å²) in [7, 11) is 0. The van der Waals surface area contributed by atoms with Gasteiger partial charge in [-0.2, -0.15) is 0 Å². The van der Waals surface area contributed by atoms with E-state index in [9.17, 15) is 9.59 Å². The lowest BCUT2D eigenvalue weighted by Crippen LogP contribution is -2.19. The van der Waals surface area contributed by atoms with E-state index >= 15 is 0 Å². The van der Waals surface area contributed by atoms with Crippen LogP contribution in [0.4, 0.5) is 0 Å². The third-order valence-electron chi connectivity index (χ3n) is 5.67. The number of fused-ring (bicyclic) bond motifs is 1. The highest BCUT2D eigenvalue weighted by atomic mass is 35.5. The van der Waals surface area contributed by atoms with E-state index in [1.807, 2.05) is 54.6 Å². The molecule has 1 aromatic heterocycles. The van der Waals surface area contributed by atoms with Crippen molar-refractivity contribution in [2.24, 2.45) is 0 Å². The van der Waals surface area contributed by atoms with Crippen molar-refractivity contribution in [1.82, 2.24) is 4.98 Å². The number of benzene rings is 4. The van der Waals surface area contributed by atoms with Crippen LogP contribution in [0.1, 0.15) is 37.9 Å². The topological polar surface area (TPSA) is 59.2 Å². The Balaban J connectivity index is 1.43. The fourth-order valence-electron chi connectivity index (χ4n) is 3.91. The largest absolute Gasteiger partial charge is 0.478 e. The Morgan fingerprint density at radius 1 is 0.735 bits per heavy atom. The number of nitrogens with one attached hydrogen (secondary N) is 1. The molecule has 1 heterocycles. The van der Waals surface area contributed by atoms with Crippen molar-refractivity contribution in [2.75, 3.05) is 0 Å². The summed E-state index contributed by atoms with van der Waals surface area (Å²) in [5.74, 6) is 0.234. The number of Topliss-reactive ketones (excluding diaryl/α,β-unsaturated/α-hetero) is 1. The number of halogens is 1. The summed E-state index contributed by atoms with van der Waals surface area (Å²) in [4.78, 5) is 29.5. The van der Waals surface area contributed by atoms with E-state index in [4.69, 9.17) is 16.3 Å². The first-order chi connectivity index (χ1) is 16.6. The Labute approximate surface area is 201 Å². The fourth-order valence-corrected chi connectivity index (χ4v) is 4.03. The Morgan fingerprint density at radius 3 is 2.06 bits per heavy atom. The van der Waals surface area contributed by atoms with Gasteiger partial charge < -0.3 is 9.72 Å². The quantitative estimate of drug-likeness (QED) is 0.262. The molecular formula is C29H20ClNO3. The third kappa shape index (κ3) is 4.36. The van der Waals surface area contributed by atoms with E-state index in [0.29, 0.717) is 27.5 Å². The van der Waals surface area contributed by atoms with Crippen molar-refractivity contribution in [1.29, 1.82) is 0 Å². The van der Waals surface area contributed by atoms with Crippen molar-refractivity contribution >= 4 is 34.1 Å². The molecule has 0 amide bonds. The number of hydrogen-bond acceptors (Lipinski definition) is 3. The maximum Gasteiger partial charge on any atom is 0.210 e. The summed E-state index contributed by atoms with van der Waals surface area (Å²) in [5.41, 5.74) is 3.28. The van der Waals surface area contributed by atoms with Crippen LogP contribution in [0.15, 0.2) is 109 Å². The molecule has 0 aliphatic rings. The number of carbonyl (C=O) groups excluding carboxylic acids is 2. The number of H-pyrrole nitrogens is 1. The van der Waals surface area contributed by atoms with Gasteiger partial charge in [0.15, 0.2) is 11.9 Å². The van der Waals surface area contributed by atoms with Crippen LogP contribution in [0, 0.1) is 0 Å². The second-order valence-corrected chi connectivity index (χ2v) is 8.32. The van der Waals surface area contributed by atoms with Gasteiger partial charge in [0.2, 0.25) is 5.78 Å². The summed E-state index contributed by atoms with van der Waals surface area (Å²) < 4.78 is 6.20. The number of para-hydroxylation sites is 1. The molecule has 5 aromatic rings. The van der Waals surface area contributed by atoms with Crippen LogP contribution in [-0.2, 0) is 0 Å². The number of carbonyl (C=O) groups is 2. The van der Waals surface area contributed by atoms with Crippen molar-refractivity contribution in [2.45, 2.75) is 6.10 Å². The van der Waals surface area contributed by atoms with Crippen LogP contribution in [0.5, 0.6) is 5.75 Å². The van der Waals surface area contributed by atoms with Gasteiger partial charge in [-0.05, 0) is 54.6 Å². The molecule has 0 spiro atoms. The maximum absolute atomic E-state index is 13.6. The van der Waals surface area contributed by atoms with Gasteiger partial charge >= 0.3 is 0 Å². The summed E-state index contributed by atoms with van der Waals surface area (Å²) in [5, 5.41) is 1.42. The van der Waals surface area contributed by atoms with Gasteiger partial charge in [0.05, 0.1) is 0 Å². The number of rotatable bonds is 7. The fraction of sp³-hybridized carbons (Fsp3) is 0.0345. The van der Waals surface area contributed by atoms with Crippen LogP contribution >= 0.6 is 11.6 Å². The monoisotopic (exact) mass is 465 g/mol. The van der Waals surface area contributed by atoms with Crippen LogP contribution in [0.2, 0.25) is 5.02 Å². The van der Waals surface area contributed by atoms with Gasteiger partial charge in [-0.1, -0.05) is 60.1 Å². The van der Waals surface area contributed by atoms with E-state index in [1.54, 1.807) is 54.7 Å². The minimum Gasteiger partial charge on any atom is -0.478 e. The van der Waals surface area contributed by atoms with Crippen molar-refractivity contribution in [3.05, 3.63) is 137 Å². The van der Waals surface area contributed by atoms with E-state index in [-0.39, 0.29) is 11.6 Å². The summed E-state index contributed by atoms with van der Waals surface area (Å²) >= 11 is 5.92. The number of hydrogen-bond donors (Lipinski definition) is 1. The Bertz CT molecular complexity index is 1460. The van der Waals surface area contributed by atoms with Gasteiger partial charge in [0.1, 0.15) is 5.75 Å². The van der Waals surface area contributed by atoms with E-state index in [0.717, 1.165) is 16.5 Å². The molecule has 5 heteroatoms. The smallest absolute Gasteiger partial charge is 0.210 e. The normalized spacial score (nSPS) is 11.8. The molecule has 1 unspecified atom stereocenters. The number of ether oxygens (including phenoxy) is 1. The average Bonchev–Trinajstić information content (AvgIpc) is 3.32. The molecule has 5 rings (SSSR count). The molecule has 0 bridgehead atoms. The molecule has 0 radical (unpaired) electrons. The van der Waals surface area contributed by atoms with Crippen LogP contribution in [0.25, 0.3) is 10.9 Å². The average molecular weight is 466 g/mol. The lowest BCUT2D eigenvalue weighted by Gasteiger charge is -2.18. The summed E-state index contributed by atoms with van der Waals surface area (Å²) in [6.07, 6.45) is 0.887. The standard InChI is InChI=1S/C29H20ClNO3/c30-22-14-10-19(11-15-22)27(32)20-12-16-23(17-13-20)34-29(21-6-2-1-3-7-21)28(33)25-18-31-26-9-5-4-8-24(25)26/h1-18,29,31H. The SMILES string of the molecule is O=C(c1ccc(Cl)cc1)c1ccc(OC(C(=O)c2c[nH]c3ccccc23)c2ccccc2)cc1. The molecular weight excluding hydrogens is 446 g/mol. The van der Waals surface area contributed by atoms with Crippen molar-refractivity contribution in [3.63, 3.8) is 0 Å². The van der Waals surface area contributed by atoms with Gasteiger partial charge in [0.25, 0.3) is 0 Å². The zero-order valence-electron chi connectivity index (χ0n) is 18.1. The Kier molecular flexibility index (Phi) is 5.98. The molecule has 0 aliphatic heterocycles. The zero-order valence-corrected chi connectivity index (χ0v) is 18.8. The first-order valence-corrected chi connectivity index (χ1v) is 11.2. The molecule has 0 saturated heterocycles. The molecule has 166 valence electrons. The Hall–Kier alpha value is -4.15. The Morgan fingerprint density at radius 2 is 1.35 bits per heavy atom. The van der Waals surface area contributed by atoms with Gasteiger partial charge in [-0.25, -0.2) is 0 Å². The minimum atomic E-state index is -0.835. The zero-order chi connectivity index (χ0) is 23.5. The van der Waals surface area contributed by atoms with Crippen LogP contribution in [0.3, 0.4) is 0 Å². The number of aromatic nitrogens is 1. The molecule has 4 nitrogen and oxygen atoms in total. The molecule has 4 aromatic carbocycles. The highest BCUT2D eigenvalue weighted by Crippen LogP contribution is 2.29. The highest BCUT2D eigenvalue weighted by molar-refractivity contribution is 6.30. The second kappa shape index (κ2) is 9.38. The van der Waals surface area contributed by atoms with Crippen molar-refractivity contribution < 1.29 is 14.3 Å². The number of ketones is 2. The van der Waals surface area contributed by atoms with Crippen molar-refractivity contribution in [3.8, 4) is 5.75 Å². The number of aromatic amines is 1. The van der Waals surface area contributed by atoms with E-state index < -0.39 is 6.10 Å². The predicted octanol–water partition coefficient (Wildman–Crippen LogP) is 7.06. The van der Waals surface area contributed by atoms with Crippen LogP contribution in [-0.4, -0.2) is 16.6 Å². The lowest BCUT2D eigenvalue weighted by atomic mass is 9.99. The summed E-state index contributed by atoms with van der Waals surface area (Å²) in [6, 6.07) is 30.6. The first kappa shape index (κ1) is 21.7. The lowest BCUT2D eigenvalue weighted by molar-refractivity contribution is 0.0794. The molecule has 1 N–H and O–H groups in total. The van der Waals surface area contributed by atoms with E-state index in [1.165, 1.54) is 0 Å². The highest BCUT2D eigenvalue weighted by Gasteiger charge is 2.26. The molecule has 0 aliphatic carbocycles. The predicted molar refractivity (Wildman–Crippen MR) is 134 cm³/mol. The maximum atomic E-state index is 13.6.